The standard InChI is InChI=1S/C21H12ClN3OS3/c22-19-8-7-18(29-19)15-10-13(12-4-1-2-5-14(12)23-15)20(26)25-21-24-16(11-28-21)17-6-3-9-27-17/h1-11H,(H,24,25,26). The summed E-state index contributed by atoms with van der Waals surface area (Å²) in [5.74, 6) is -0.209. The highest BCUT2D eigenvalue weighted by Gasteiger charge is 2.16. The van der Waals surface area contributed by atoms with Crippen molar-refractivity contribution in [3.05, 3.63) is 75.3 Å². The number of hydrogen-bond acceptors (Lipinski definition) is 6. The van der Waals surface area contributed by atoms with E-state index in [-0.39, 0.29) is 5.91 Å². The number of carbonyl (C=O) groups excluding carboxylic acids is 1. The van der Waals surface area contributed by atoms with E-state index in [1.165, 1.54) is 22.7 Å². The zero-order valence-electron chi connectivity index (χ0n) is 14.8. The SMILES string of the molecule is O=C(Nc1nc(-c2cccs2)cs1)c1cc(-c2ccc(Cl)s2)nc2ccccc12. The van der Waals surface area contributed by atoms with E-state index < -0.39 is 0 Å². The zero-order valence-corrected chi connectivity index (χ0v) is 18.0. The Morgan fingerprint density at radius 3 is 2.62 bits per heavy atom. The van der Waals surface area contributed by atoms with Crippen LogP contribution < -0.4 is 5.32 Å². The molecule has 0 saturated carbocycles. The Hall–Kier alpha value is -2.58. The Labute approximate surface area is 183 Å². The summed E-state index contributed by atoms with van der Waals surface area (Å²) in [4.78, 5) is 24.4. The molecule has 29 heavy (non-hydrogen) atoms. The van der Waals surface area contributed by atoms with Crippen molar-refractivity contribution in [3.8, 4) is 21.1 Å². The molecule has 8 heteroatoms. The van der Waals surface area contributed by atoms with E-state index in [0.717, 1.165) is 32.0 Å². The summed E-state index contributed by atoms with van der Waals surface area (Å²) in [5, 5.41) is 8.26. The molecule has 0 bridgehead atoms. The zero-order chi connectivity index (χ0) is 19.8. The molecule has 0 unspecified atom stereocenters. The number of rotatable bonds is 4. The number of hydrogen-bond donors (Lipinski definition) is 1. The Morgan fingerprint density at radius 2 is 1.83 bits per heavy atom. The first kappa shape index (κ1) is 18.4. The molecule has 5 aromatic rings. The van der Waals surface area contributed by atoms with Crippen LogP contribution in [0.5, 0.6) is 0 Å². The number of nitrogens with zero attached hydrogens (tertiary/aromatic N) is 2. The maximum absolute atomic E-state index is 13.1. The highest BCUT2D eigenvalue weighted by atomic mass is 35.5. The number of para-hydroxylation sites is 1. The first-order chi connectivity index (χ1) is 14.2. The maximum atomic E-state index is 13.1. The molecule has 1 N–H and O–H groups in total. The smallest absolute Gasteiger partial charge is 0.258 e. The molecule has 0 atom stereocenters. The molecule has 0 fully saturated rings. The van der Waals surface area contributed by atoms with Crippen LogP contribution in [0.1, 0.15) is 10.4 Å². The first-order valence-electron chi connectivity index (χ1n) is 8.63. The number of benzene rings is 1. The van der Waals surface area contributed by atoms with Crippen LogP contribution in [-0.2, 0) is 0 Å². The second-order valence-corrected chi connectivity index (χ2v) is 9.67. The van der Waals surface area contributed by atoms with Gasteiger partial charge in [-0.3, -0.25) is 10.1 Å². The van der Waals surface area contributed by atoms with Gasteiger partial charge in [0.2, 0.25) is 0 Å². The molecule has 5 rings (SSSR count). The summed E-state index contributed by atoms with van der Waals surface area (Å²) >= 11 is 10.6. The molecule has 1 amide bonds. The van der Waals surface area contributed by atoms with E-state index in [2.05, 4.69) is 10.3 Å². The fourth-order valence-corrected chi connectivity index (χ4v) is 5.44. The highest BCUT2D eigenvalue weighted by molar-refractivity contribution is 7.19. The number of carbonyl (C=O) groups is 1. The van der Waals surface area contributed by atoms with E-state index in [1.54, 1.807) is 11.3 Å². The van der Waals surface area contributed by atoms with Gasteiger partial charge < -0.3 is 0 Å². The monoisotopic (exact) mass is 453 g/mol. The topological polar surface area (TPSA) is 54.9 Å². The van der Waals surface area contributed by atoms with E-state index in [4.69, 9.17) is 16.6 Å². The van der Waals surface area contributed by atoms with Crippen LogP contribution in [0, 0.1) is 0 Å². The number of thiazole rings is 1. The molecule has 1 aromatic carbocycles. The average molecular weight is 454 g/mol. The lowest BCUT2D eigenvalue weighted by molar-refractivity contribution is 0.102. The summed E-state index contributed by atoms with van der Waals surface area (Å²) in [5.41, 5.74) is 2.92. The maximum Gasteiger partial charge on any atom is 0.258 e. The summed E-state index contributed by atoms with van der Waals surface area (Å²) < 4.78 is 0.685. The number of halogens is 1. The summed E-state index contributed by atoms with van der Waals surface area (Å²) in [6, 6.07) is 17.2. The lowest BCUT2D eigenvalue weighted by Crippen LogP contribution is -2.13. The minimum Gasteiger partial charge on any atom is -0.298 e. The number of pyridine rings is 1. The number of nitrogens with one attached hydrogen (secondary N) is 1. The normalized spacial score (nSPS) is 11.1. The number of aromatic nitrogens is 2. The number of anilines is 1. The van der Waals surface area contributed by atoms with Crippen molar-refractivity contribution in [3.63, 3.8) is 0 Å². The second kappa shape index (κ2) is 7.68. The van der Waals surface area contributed by atoms with Crippen LogP contribution in [0.25, 0.3) is 32.0 Å². The quantitative estimate of drug-likeness (QED) is 0.317. The second-order valence-electron chi connectivity index (χ2n) is 6.15. The van der Waals surface area contributed by atoms with Crippen LogP contribution >= 0.6 is 45.6 Å². The number of thiophene rings is 2. The molecule has 0 aliphatic carbocycles. The van der Waals surface area contributed by atoms with Crippen LogP contribution in [0.4, 0.5) is 5.13 Å². The molecule has 0 aliphatic rings. The van der Waals surface area contributed by atoms with Gasteiger partial charge in [-0.05, 0) is 35.7 Å². The molecule has 0 spiro atoms. The van der Waals surface area contributed by atoms with Gasteiger partial charge in [0.15, 0.2) is 5.13 Å². The van der Waals surface area contributed by atoms with Crippen molar-refractivity contribution in [2.45, 2.75) is 0 Å². The number of amides is 1. The minimum absolute atomic E-state index is 0.209. The lowest BCUT2D eigenvalue weighted by atomic mass is 10.1. The molecule has 4 nitrogen and oxygen atoms in total. The van der Waals surface area contributed by atoms with Crippen LogP contribution in [0.2, 0.25) is 4.34 Å². The predicted molar refractivity (Wildman–Crippen MR) is 123 cm³/mol. The highest BCUT2D eigenvalue weighted by Crippen LogP contribution is 2.33. The van der Waals surface area contributed by atoms with Crippen LogP contribution in [0.15, 0.2) is 65.4 Å². The van der Waals surface area contributed by atoms with Gasteiger partial charge in [0, 0.05) is 10.8 Å². The Bertz CT molecular complexity index is 1320. The Morgan fingerprint density at radius 1 is 0.931 bits per heavy atom. The fraction of sp³-hybridized carbons (Fsp3) is 0. The van der Waals surface area contributed by atoms with Gasteiger partial charge >= 0.3 is 0 Å². The molecule has 0 aliphatic heterocycles. The largest absolute Gasteiger partial charge is 0.298 e. The van der Waals surface area contributed by atoms with Crippen molar-refractivity contribution in [2.75, 3.05) is 5.32 Å². The van der Waals surface area contributed by atoms with Crippen LogP contribution in [-0.4, -0.2) is 15.9 Å². The summed E-state index contributed by atoms with van der Waals surface area (Å²) in [6.07, 6.45) is 0. The van der Waals surface area contributed by atoms with E-state index >= 15 is 0 Å². The van der Waals surface area contributed by atoms with Gasteiger partial charge in [-0.25, -0.2) is 9.97 Å². The third-order valence-corrected chi connectivity index (χ3v) is 7.19. The van der Waals surface area contributed by atoms with Crippen LogP contribution in [0.3, 0.4) is 0 Å². The fourth-order valence-electron chi connectivity index (χ4n) is 2.97. The Kier molecular flexibility index (Phi) is 4.89. The Balaban J connectivity index is 1.52. The predicted octanol–water partition coefficient (Wildman–Crippen LogP) is 7.05. The molecule has 0 radical (unpaired) electrons. The van der Waals surface area contributed by atoms with E-state index in [0.29, 0.717) is 15.0 Å². The van der Waals surface area contributed by atoms with E-state index in [1.807, 2.05) is 65.4 Å². The van der Waals surface area contributed by atoms with Gasteiger partial charge in [0.05, 0.1) is 36.6 Å². The molecular formula is C21H12ClN3OS3. The van der Waals surface area contributed by atoms with Gasteiger partial charge in [0.25, 0.3) is 5.91 Å². The van der Waals surface area contributed by atoms with E-state index in [9.17, 15) is 4.79 Å². The van der Waals surface area contributed by atoms with Crippen molar-refractivity contribution >= 4 is 67.6 Å². The van der Waals surface area contributed by atoms with Gasteiger partial charge in [-0.2, -0.15) is 0 Å². The molecule has 142 valence electrons. The van der Waals surface area contributed by atoms with Gasteiger partial charge in [-0.1, -0.05) is 35.9 Å². The minimum atomic E-state index is -0.209. The third-order valence-electron chi connectivity index (χ3n) is 4.28. The molecule has 0 saturated heterocycles. The third kappa shape index (κ3) is 3.70. The average Bonchev–Trinajstić information content (AvgIpc) is 3.48. The van der Waals surface area contributed by atoms with Gasteiger partial charge in [0.1, 0.15) is 0 Å². The van der Waals surface area contributed by atoms with Crippen molar-refractivity contribution in [1.82, 2.24) is 9.97 Å². The van der Waals surface area contributed by atoms with Gasteiger partial charge in [-0.15, -0.1) is 34.0 Å². The number of fused-ring (bicyclic) bond motifs is 1. The summed E-state index contributed by atoms with van der Waals surface area (Å²) in [6.45, 7) is 0. The van der Waals surface area contributed by atoms with Crippen molar-refractivity contribution < 1.29 is 4.79 Å². The van der Waals surface area contributed by atoms with Crippen molar-refractivity contribution in [1.29, 1.82) is 0 Å². The lowest BCUT2D eigenvalue weighted by Gasteiger charge is -2.08. The summed E-state index contributed by atoms with van der Waals surface area (Å²) in [7, 11) is 0. The van der Waals surface area contributed by atoms with Crippen molar-refractivity contribution in [2.24, 2.45) is 0 Å². The molecular weight excluding hydrogens is 442 g/mol. The molecule has 4 aromatic heterocycles. The molecule has 4 heterocycles. The first-order valence-corrected chi connectivity index (χ1v) is 11.6.